The van der Waals surface area contributed by atoms with Crippen LogP contribution in [-0.4, -0.2) is 91.2 Å². The summed E-state index contributed by atoms with van der Waals surface area (Å²) in [7, 11) is 0. The molecular weight excluding hydrogens is 729 g/mol. The van der Waals surface area contributed by atoms with Crippen LogP contribution in [0.2, 0.25) is 0 Å². The van der Waals surface area contributed by atoms with E-state index in [1.165, 1.54) is 322 Å². The molecule has 1 unspecified atom stereocenters. The summed E-state index contributed by atoms with van der Waals surface area (Å²) in [4.78, 5) is 11.9. The fourth-order valence-electron chi connectivity index (χ4n) is 9.98. The first kappa shape index (κ1) is 57.9. The van der Waals surface area contributed by atoms with Gasteiger partial charge in [-0.05, 0) is 64.8 Å². The van der Waals surface area contributed by atoms with Gasteiger partial charge in [0.2, 0.25) is 0 Å². The highest BCUT2D eigenvalue weighted by Gasteiger charge is 2.31. The lowest BCUT2D eigenvalue weighted by Crippen LogP contribution is -2.61. The third-order valence-corrected chi connectivity index (χ3v) is 14.3. The van der Waals surface area contributed by atoms with Crippen LogP contribution in [0.15, 0.2) is 0 Å². The number of nitrogens with zero attached hydrogens (tertiary/aromatic N) is 4. The second-order valence-corrected chi connectivity index (χ2v) is 20.1. The summed E-state index contributed by atoms with van der Waals surface area (Å²) >= 11 is 0. The van der Waals surface area contributed by atoms with Crippen LogP contribution in [0.25, 0.3) is 0 Å². The van der Waals surface area contributed by atoms with E-state index in [1.807, 2.05) is 0 Å². The van der Waals surface area contributed by atoms with Crippen molar-refractivity contribution in [3.8, 4) is 0 Å². The van der Waals surface area contributed by atoms with E-state index in [9.17, 15) is 0 Å². The van der Waals surface area contributed by atoms with Crippen LogP contribution in [-0.2, 0) is 0 Å². The van der Waals surface area contributed by atoms with Crippen LogP contribution in [0.4, 0.5) is 0 Å². The maximum atomic E-state index is 3.03. The Morgan fingerprint density at radius 3 is 0.950 bits per heavy atom. The quantitative estimate of drug-likeness (QED) is 0.0566. The van der Waals surface area contributed by atoms with Crippen LogP contribution < -0.4 is 0 Å². The van der Waals surface area contributed by atoms with Gasteiger partial charge in [-0.25, -0.2) is 0 Å². The number of unbranched alkanes of at least 4 members (excludes halogenated alkanes) is 35. The topological polar surface area (TPSA) is 13.0 Å². The summed E-state index contributed by atoms with van der Waals surface area (Å²) in [5.41, 5.74) is 0. The predicted molar refractivity (Wildman–Crippen MR) is 273 cm³/mol. The van der Waals surface area contributed by atoms with Crippen molar-refractivity contribution in [1.82, 2.24) is 19.6 Å². The molecule has 0 aromatic carbocycles. The van der Waals surface area contributed by atoms with Gasteiger partial charge in [0.1, 0.15) is 0 Å². The number of rotatable bonds is 49. The minimum atomic E-state index is 0.617. The fraction of sp³-hybridized carbons (Fsp3) is 1.00. The largest absolute Gasteiger partial charge is 0.302 e. The first-order valence-electron chi connectivity index (χ1n) is 28.6. The smallest absolute Gasteiger partial charge is 0.0754 e. The Labute approximate surface area is 381 Å². The van der Waals surface area contributed by atoms with Crippen molar-refractivity contribution in [3.63, 3.8) is 0 Å². The molecule has 4 heteroatoms. The molecule has 1 aliphatic rings. The van der Waals surface area contributed by atoms with Gasteiger partial charge in [-0.1, -0.05) is 259 Å². The first-order valence-corrected chi connectivity index (χ1v) is 28.6. The molecule has 0 aliphatic carbocycles. The van der Waals surface area contributed by atoms with Crippen LogP contribution in [0, 0.1) is 0 Å². The zero-order valence-electron chi connectivity index (χ0n) is 42.7. The standard InChI is InChI=1S/C56H116N4/c1-6-11-16-21-26-31-36-41-46-57(47-42-37-32-27-22-17-12-7-2)51-52-58-53-54-60(50-45-40-35-30-25-20-15-10-5)56(55-58)59(48-43-38-33-28-23-18-13-8-3)49-44-39-34-29-24-19-14-9-4/h56H,6-55H2,1-5H3. The molecule has 60 heavy (non-hydrogen) atoms. The lowest BCUT2D eigenvalue weighted by atomic mass is 10.1. The summed E-state index contributed by atoms with van der Waals surface area (Å²) in [6.45, 7) is 24.7. The Morgan fingerprint density at radius 1 is 0.300 bits per heavy atom. The molecule has 1 fully saturated rings. The summed E-state index contributed by atoms with van der Waals surface area (Å²) in [5, 5.41) is 0. The fourth-order valence-corrected chi connectivity index (χ4v) is 9.98. The van der Waals surface area contributed by atoms with Gasteiger partial charge < -0.3 is 4.90 Å². The van der Waals surface area contributed by atoms with E-state index >= 15 is 0 Å². The van der Waals surface area contributed by atoms with E-state index in [1.54, 1.807) is 0 Å². The molecule has 0 amide bonds. The molecule has 1 heterocycles. The lowest BCUT2D eigenvalue weighted by Gasteiger charge is -2.47. The summed E-state index contributed by atoms with van der Waals surface area (Å²) in [6, 6.07) is 0. The highest BCUT2D eigenvalue weighted by Crippen LogP contribution is 2.21. The van der Waals surface area contributed by atoms with Gasteiger partial charge in [0, 0.05) is 32.7 Å². The van der Waals surface area contributed by atoms with E-state index in [0.29, 0.717) is 6.17 Å². The number of hydrogen-bond donors (Lipinski definition) is 0. The highest BCUT2D eigenvalue weighted by atomic mass is 15.4. The Balaban J connectivity index is 2.92. The van der Waals surface area contributed by atoms with Gasteiger partial charge in [0.15, 0.2) is 0 Å². The van der Waals surface area contributed by atoms with Gasteiger partial charge in [0.05, 0.1) is 6.17 Å². The summed E-state index contributed by atoms with van der Waals surface area (Å²) in [6.07, 6.45) is 57.8. The van der Waals surface area contributed by atoms with Crippen LogP contribution in [0.1, 0.15) is 291 Å². The maximum absolute atomic E-state index is 3.03. The minimum Gasteiger partial charge on any atom is -0.302 e. The van der Waals surface area contributed by atoms with Crippen molar-refractivity contribution in [2.45, 2.75) is 298 Å². The van der Waals surface area contributed by atoms with Gasteiger partial charge in [0.25, 0.3) is 0 Å². The van der Waals surface area contributed by atoms with Crippen molar-refractivity contribution in [2.24, 2.45) is 0 Å². The average Bonchev–Trinajstić information content (AvgIpc) is 3.26. The van der Waals surface area contributed by atoms with Gasteiger partial charge in [-0.15, -0.1) is 0 Å². The molecule has 1 rings (SSSR count). The molecule has 0 spiro atoms. The molecule has 1 atom stereocenters. The molecule has 0 radical (unpaired) electrons. The molecule has 360 valence electrons. The van der Waals surface area contributed by atoms with Crippen LogP contribution >= 0.6 is 0 Å². The van der Waals surface area contributed by atoms with Gasteiger partial charge in [-0.2, -0.15) is 0 Å². The zero-order chi connectivity index (χ0) is 43.2. The van der Waals surface area contributed by atoms with Crippen LogP contribution in [0.3, 0.4) is 0 Å². The molecule has 0 bridgehead atoms. The van der Waals surface area contributed by atoms with Gasteiger partial charge >= 0.3 is 0 Å². The van der Waals surface area contributed by atoms with Crippen LogP contribution in [0.5, 0.6) is 0 Å². The minimum absolute atomic E-state index is 0.617. The van der Waals surface area contributed by atoms with E-state index in [4.69, 9.17) is 0 Å². The normalized spacial score (nSPS) is 15.3. The molecule has 1 saturated heterocycles. The van der Waals surface area contributed by atoms with Crippen molar-refractivity contribution < 1.29 is 0 Å². The third-order valence-electron chi connectivity index (χ3n) is 14.3. The third kappa shape index (κ3) is 36.2. The van der Waals surface area contributed by atoms with Crippen molar-refractivity contribution in [1.29, 1.82) is 0 Å². The molecule has 0 aromatic rings. The lowest BCUT2D eigenvalue weighted by molar-refractivity contribution is -0.0267. The molecule has 0 saturated carbocycles. The highest BCUT2D eigenvalue weighted by molar-refractivity contribution is 4.84. The first-order chi connectivity index (χ1) is 29.7. The van der Waals surface area contributed by atoms with E-state index in [-0.39, 0.29) is 0 Å². The van der Waals surface area contributed by atoms with Crippen molar-refractivity contribution >= 4 is 0 Å². The molecule has 0 aromatic heterocycles. The second kappa shape index (κ2) is 46.8. The molecule has 1 aliphatic heterocycles. The van der Waals surface area contributed by atoms with Crippen molar-refractivity contribution in [3.05, 3.63) is 0 Å². The maximum Gasteiger partial charge on any atom is 0.0754 e. The molecule has 4 nitrogen and oxygen atoms in total. The Kier molecular flexibility index (Phi) is 45.1. The Bertz CT molecular complexity index is 764. The SMILES string of the molecule is CCCCCCCCCCN(CCCCCCCCCC)CCN1CCN(CCCCCCCCCC)C(N(CCCCCCCCCC)CCCCCCCCCC)C1. The van der Waals surface area contributed by atoms with E-state index < -0.39 is 0 Å². The number of piperazine rings is 1. The Hall–Kier alpha value is -0.160. The average molecular weight is 846 g/mol. The monoisotopic (exact) mass is 845 g/mol. The van der Waals surface area contributed by atoms with E-state index in [2.05, 4.69) is 54.2 Å². The molecule has 0 N–H and O–H groups in total. The molecular formula is C56H116N4. The zero-order valence-corrected chi connectivity index (χ0v) is 42.7. The van der Waals surface area contributed by atoms with Crippen molar-refractivity contribution in [2.75, 3.05) is 65.4 Å². The second-order valence-electron chi connectivity index (χ2n) is 20.1. The predicted octanol–water partition coefficient (Wildman–Crippen LogP) is 17.2. The summed E-state index contributed by atoms with van der Waals surface area (Å²) in [5.74, 6) is 0. The number of hydrogen-bond acceptors (Lipinski definition) is 4. The Morgan fingerprint density at radius 2 is 0.600 bits per heavy atom. The van der Waals surface area contributed by atoms with E-state index in [0.717, 1.165) is 0 Å². The summed E-state index contributed by atoms with van der Waals surface area (Å²) < 4.78 is 0. The van der Waals surface area contributed by atoms with Gasteiger partial charge in [-0.3, -0.25) is 14.7 Å².